The molecule has 84 valence electrons. The first-order valence-corrected chi connectivity index (χ1v) is 6.74. The summed E-state index contributed by atoms with van der Waals surface area (Å²) in [5.41, 5.74) is 3.10. The van der Waals surface area contributed by atoms with E-state index >= 15 is 0 Å². The van der Waals surface area contributed by atoms with Crippen molar-refractivity contribution in [3.05, 3.63) is 18.4 Å². The zero-order valence-corrected chi connectivity index (χ0v) is 11.7. The summed E-state index contributed by atoms with van der Waals surface area (Å²) in [6, 6.07) is 0. The van der Waals surface area contributed by atoms with Gasteiger partial charge in [-0.05, 0) is 36.7 Å². The molecule has 1 saturated carbocycles. The molecule has 0 bridgehead atoms. The number of halogens is 1. The van der Waals surface area contributed by atoms with Gasteiger partial charge in [0.15, 0.2) is 0 Å². The molecule has 1 aliphatic rings. The highest BCUT2D eigenvalue weighted by molar-refractivity contribution is 14.1. The van der Waals surface area contributed by atoms with E-state index in [1.807, 2.05) is 6.08 Å². The van der Waals surface area contributed by atoms with Crippen LogP contribution < -0.4 is 0 Å². The summed E-state index contributed by atoms with van der Waals surface area (Å²) in [5, 5.41) is 0. The number of carbonyl (C=O) groups excluding carboxylic acids is 1. The van der Waals surface area contributed by atoms with Crippen LogP contribution >= 0.6 is 22.6 Å². The molecule has 0 N–H and O–H groups in total. The molecule has 0 saturated heterocycles. The molecular formula is C13H19IO. The van der Waals surface area contributed by atoms with Crippen molar-refractivity contribution in [3.63, 3.8) is 0 Å². The predicted molar refractivity (Wildman–Crippen MR) is 72.3 cm³/mol. The van der Waals surface area contributed by atoms with E-state index in [0.29, 0.717) is 17.1 Å². The Balaban J connectivity index is 2.69. The SMILES string of the molecule is C=C=CCCC1C(I)C(=O)CCC1(C)C. The lowest BCUT2D eigenvalue weighted by atomic mass is 9.67. The van der Waals surface area contributed by atoms with Crippen molar-refractivity contribution in [1.82, 2.24) is 0 Å². The van der Waals surface area contributed by atoms with E-state index in [1.54, 1.807) is 0 Å². The monoisotopic (exact) mass is 318 g/mol. The molecule has 0 aliphatic heterocycles. The lowest BCUT2D eigenvalue weighted by molar-refractivity contribution is -0.123. The smallest absolute Gasteiger partial charge is 0.145 e. The maximum Gasteiger partial charge on any atom is 0.145 e. The number of allylic oxidation sites excluding steroid dienone is 1. The number of alkyl halides is 1. The topological polar surface area (TPSA) is 17.1 Å². The number of rotatable bonds is 3. The summed E-state index contributed by atoms with van der Waals surface area (Å²) in [6.45, 7) is 8.13. The first kappa shape index (κ1) is 13.0. The van der Waals surface area contributed by atoms with Crippen LogP contribution in [0.5, 0.6) is 0 Å². The molecule has 2 unspecified atom stereocenters. The van der Waals surface area contributed by atoms with Crippen LogP contribution in [0.1, 0.15) is 39.5 Å². The number of Topliss-reactive ketones (excluding diaryl/α,β-unsaturated/α-hetero) is 1. The molecule has 2 heteroatoms. The lowest BCUT2D eigenvalue weighted by Crippen LogP contribution is -2.40. The van der Waals surface area contributed by atoms with Crippen molar-refractivity contribution in [3.8, 4) is 0 Å². The molecule has 1 fully saturated rings. The zero-order valence-electron chi connectivity index (χ0n) is 9.55. The van der Waals surface area contributed by atoms with Gasteiger partial charge in [-0.15, -0.1) is 5.73 Å². The molecule has 0 aromatic heterocycles. The summed E-state index contributed by atoms with van der Waals surface area (Å²) in [6.07, 6.45) is 5.83. The Morgan fingerprint density at radius 3 is 2.93 bits per heavy atom. The fourth-order valence-corrected chi connectivity index (χ4v) is 3.94. The Morgan fingerprint density at radius 2 is 2.33 bits per heavy atom. The average Bonchev–Trinajstić information content (AvgIpc) is 2.18. The van der Waals surface area contributed by atoms with Crippen molar-refractivity contribution in [1.29, 1.82) is 0 Å². The predicted octanol–water partition coefficient (Wildman–Crippen LogP) is 3.92. The zero-order chi connectivity index (χ0) is 11.5. The first-order valence-electron chi connectivity index (χ1n) is 5.50. The average molecular weight is 318 g/mol. The highest BCUT2D eigenvalue weighted by Crippen LogP contribution is 2.44. The lowest BCUT2D eigenvalue weighted by Gasteiger charge is -2.41. The van der Waals surface area contributed by atoms with Gasteiger partial charge < -0.3 is 0 Å². The first-order chi connectivity index (χ1) is 6.99. The van der Waals surface area contributed by atoms with E-state index in [1.165, 1.54) is 0 Å². The third-order valence-electron chi connectivity index (χ3n) is 3.45. The molecule has 1 nitrogen and oxygen atoms in total. The largest absolute Gasteiger partial charge is 0.299 e. The second kappa shape index (κ2) is 5.31. The molecule has 0 aromatic rings. The molecule has 1 rings (SSSR count). The minimum atomic E-state index is 0.199. The van der Waals surface area contributed by atoms with Gasteiger partial charge in [-0.2, -0.15) is 0 Å². The van der Waals surface area contributed by atoms with Crippen LogP contribution in [0, 0.1) is 11.3 Å². The van der Waals surface area contributed by atoms with Crippen LogP contribution in [0.4, 0.5) is 0 Å². The summed E-state index contributed by atoms with van der Waals surface area (Å²) in [7, 11) is 0. The summed E-state index contributed by atoms with van der Waals surface area (Å²) < 4.78 is 0.199. The van der Waals surface area contributed by atoms with E-state index < -0.39 is 0 Å². The number of ketones is 1. The van der Waals surface area contributed by atoms with E-state index in [2.05, 4.69) is 48.7 Å². The standard InChI is InChI=1S/C13H19IO/c1-4-5-6-7-10-12(14)11(15)8-9-13(10,2)3/h5,10,12H,1,6-9H2,2-3H3. The summed E-state index contributed by atoms with van der Waals surface area (Å²) >= 11 is 2.32. The molecule has 15 heavy (non-hydrogen) atoms. The molecule has 0 heterocycles. The van der Waals surface area contributed by atoms with Gasteiger partial charge in [0.25, 0.3) is 0 Å². The molecule has 0 radical (unpaired) electrons. The van der Waals surface area contributed by atoms with Gasteiger partial charge in [0.05, 0.1) is 3.92 Å². The molecule has 2 atom stereocenters. The maximum atomic E-state index is 11.7. The Morgan fingerprint density at radius 1 is 1.67 bits per heavy atom. The maximum absolute atomic E-state index is 11.7. The van der Waals surface area contributed by atoms with Crippen molar-refractivity contribution in [2.45, 2.75) is 43.5 Å². The third kappa shape index (κ3) is 3.18. The minimum Gasteiger partial charge on any atom is -0.299 e. The normalized spacial score (nSPS) is 29.7. The number of hydrogen-bond acceptors (Lipinski definition) is 1. The van der Waals surface area contributed by atoms with Gasteiger partial charge in [0, 0.05) is 6.42 Å². The summed E-state index contributed by atoms with van der Waals surface area (Å²) in [5.74, 6) is 0.937. The van der Waals surface area contributed by atoms with Crippen molar-refractivity contribution in [2.24, 2.45) is 11.3 Å². The molecule has 1 aliphatic carbocycles. The van der Waals surface area contributed by atoms with Crippen LogP contribution in [0.15, 0.2) is 18.4 Å². The molecule has 0 aromatic carbocycles. The Kier molecular flexibility index (Phi) is 4.60. The van der Waals surface area contributed by atoms with E-state index in [-0.39, 0.29) is 3.92 Å². The van der Waals surface area contributed by atoms with Crippen LogP contribution in [0.25, 0.3) is 0 Å². The highest BCUT2D eigenvalue weighted by atomic mass is 127. The van der Waals surface area contributed by atoms with Gasteiger partial charge >= 0.3 is 0 Å². The minimum absolute atomic E-state index is 0.199. The van der Waals surface area contributed by atoms with Gasteiger partial charge in [-0.25, -0.2) is 0 Å². The van der Waals surface area contributed by atoms with Gasteiger partial charge in [0.2, 0.25) is 0 Å². The van der Waals surface area contributed by atoms with Crippen LogP contribution in [0.3, 0.4) is 0 Å². The van der Waals surface area contributed by atoms with E-state index in [9.17, 15) is 4.79 Å². The second-order valence-electron chi connectivity index (χ2n) is 4.95. The van der Waals surface area contributed by atoms with Crippen molar-refractivity contribution < 1.29 is 4.79 Å². The van der Waals surface area contributed by atoms with Gasteiger partial charge in [0.1, 0.15) is 5.78 Å². The van der Waals surface area contributed by atoms with Gasteiger partial charge in [-0.3, -0.25) is 4.79 Å². The fraction of sp³-hybridized carbons (Fsp3) is 0.692. The second-order valence-corrected chi connectivity index (χ2v) is 6.29. The van der Waals surface area contributed by atoms with Gasteiger partial charge in [-0.1, -0.05) is 43.0 Å². The van der Waals surface area contributed by atoms with Crippen LogP contribution in [0.2, 0.25) is 0 Å². The quantitative estimate of drug-likeness (QED) is 0.438. The van der Waals surface area contributed by atoms with E-state index in [4.69, 9.17) is 0 Å². The third-order valence-corrected chi connectivity index (χ3v) is 5.01. The Bertz CT molecular complexity index is 287. The Hall–Kier alpha value is -0.0800. The van der Waals surface area contributed by atoms with Crippen LogP contribution in [-0.4, -0.2) is 9.71 Å². The molecule has 0 amide bonds. The number of carbonyl (C=O) groups is 1. The number of hydrogen-bond donors (Lipinski definition) is 0. The van der Waals surface area contributed by atoms with E-state index in [0.717, 1.165) is 25.7 Å². The summed E-state index contributed by atoms with van der Waals surface area (Å²) in [4.78, 5) is 11.7. The molecular weight excluding hydrogens is 299 g/mol. The van der Waals surface area contributed by atoms with Crippen molar-refractivity contribution in [2.75, 3.05) is 0 Å². The highest BCUT2D eigenvalue weighted by Gasteiger charge is 2.41. The van der Waals surface area contributed by atoms with Crippen LogP contribution in [-0.2, 0) is 4.79 Å². The Labute approximate surface area is 106 Å². The van der Waals surface area contributed by atoms with Crippen molar-refractivity contribution >= 4 is 28.4 Å². The molecule has 0 spiro atoms. The fourth-order valence-electron chi connectivity index (χ4n) is 2.29.